The van der Waals surface area contributed by atoms with Crippen LogP contribution in [0.1, 0.15) is 68.7 Å². The normalized spacial score (nSPS) is 14.2. The number of aryl methyl sites for hydroxylation is 3. The van der Waals surface area contributed by atoms with Crippen molar-refractivity contribution in [1.82, 2.24) is 5.43 Å². The molecule has 3 aromatic rings. The van der Waals surface area contributed by atoms with Gasteiger partial charge in [-0.2, -0.15) is 5.10 Å². The predicted molar refractivity (Wildman–Crippen MR) is 122 cm³/mol. The zero-order chi connectivity index (χ0) is 22.7. The Hall–Kier alpha value is -3.67. The molecular weight excluding hydrogens is 404 g/mol. The Kier molecular flexibility index (Phi) is 6.21. The monoisotopic (exact) mass is 430 g/mol. The number of nitrogens with one attached hydrogen (secondary N) is 1. The second-order valence-corrected chi connectivity index (χ2v) is 7.91. The maximum Gasteiger partial charge on any atom is 0.379 e. The lowest BCUT2D eigenvalue weighted by molar-refractivity contribution is 0.0698. The molecule has 0 saturated carbocycles. The fraction of sp³-hybridized carbons (Fsp3) is 0.269. The molecule has 32 heavy (non-hydrogen) atoms. The van der Waals surface area contributed by atoms with Crippen LogP contribution in [0.25, 0.3) is 0 Å². The Morgan fingerprint density at radius 1 is 1.06 bits per heavy atom. The van der Waals surface area contributed by atoms with E-state index in [1.54, 1.807) is 18.2 Å². The molecule has 0 unspecified atom stereocenters. The van der Waals surface area contributed by atoms with Gasteiger partial charge in [-0.05, 0) is 62.4 Å². The van der Waals surface area contributed by atoms with Crippen molar-refractivity contribution in [2.75, 3.05) is 0 Å². The molecule has 1 aliphatic rings. The summed E-state index contributed by atoms with van der Waals surface area (Å²) >= 11 is 0. The van der Waals surface area contributed by atoms with Crippen LogP contribution >= 0.6 is 0 Å². The van der Waals surface area contributed by atoms with Gasteiger partial charge in [0.1, 0.15) is 11.5 Å². The number of hydrogen-bond donors (Lipinski definition) is 1. The van der Waals surface area contributed by atoms with Crippen molar-refractivity contribution in [3.8, 4) is 5.75 Å². The summed E-state index contributed by atoms with van der Waals surface area (Å²) in [6.45, 7) is 5.78. The lowest BCUT2D eigenvalue weighted by Gasteiger charge is -2.13. The molecule has 1 N–H and O–H groups in total. The molecule has 1 amide bonds. The van der Waals surface area contributed by atoms with E-state index in [-0.39, 0.29) is 11.7 Å². The molecule has 6 nitrogen and oxygen atoms in total. The topological polar surface area (TPSA) is 80.9 Å². The van der Waals surface area contributed by atoms with Crippen LogP contribution in [-0.4, -0.2) is 17.6 Å². The first-order valence-electron chi connectivity index (χ1n) is 10.8. The number of benzene rings is 2. The van der Waals surface area contributed by atoms with E-state index in [2.05, 4.69) is 17.5 Å². The molecule has 0 aliphatic heterocycles. The van der Waals surface area contributed by atoms with Crippen LogP contribution in [-0.2, 0) is 12.8 Å². The second-order valence-electron chi connectivity index (χ2n) is 7.91. The van der Waals surface area contributed by atoms with Crippen molar-refractivity contribution >= 4 is 17.6 Å². The third kappa shape index (κ3) is 4.35. The maximum absolute atomic E-state index is 12.8. The number of hydrogen-bond acceptors (Lipinski definition) is 5. The van der Waals surface area contributed by atoms with Crippen LogP contribution in [0.15, 0.2) is 58.0 Å². The van der Waals surface area contributed by atoms with Gasteiger partial charge in [-0.25, -0.2) is 10.2 Å². The molecule has 1 heterocycles. The zero-order valence-electron chi connectivity index (χ0n) is 18.5. The number of fused-ring (bicyclic) bond motifs is 1. The standard InChI is InChI=1S/C26H26N2O4/c1-4-18-12-14-19(15-13-18)31-26(30)24-17(3)23-21(10-7-11-22(23)32-24)27-28-25(29)20-9-6-5-8-16(20)2/h5-6,8-9,12-15H,4,7,10-11H2,1-3H3,(H,28,29)/b27-21+. The molecule has 6 heteroatoms. The Morgan fingerprint density at radius 2 is 1.81 bits per heavy atom. The number of carbonyl (C=O) groups is 2. The van der Waals surface area contributed by atoms with Gasteiger partial charge in [0, 0.05) is 23.1 Å². The van der Waals surface area contributed by atoms with Gasteiger partial charge < -0.3 is 9.15 Å². The van der Waals surface area contributed by atoms with Gasteiger partial charge in [0.15, 0.2) is 0 Å². The first kappa shape index (κ1) is 21.6. The average molecular weight is 431 g/mol. The molecule has 4 rings (SSSR count). The number of hydrazone groups is 1. The largest absolute Gasteiger partial charge is 0.453 e. The van der Waals surface area contributed by atoms with Gasteiger partial charge in [0.2, 0.25) is 5.76 Å². The number of nitrogens with zero attached hydrogens (tertiary/aromatic N) is 1. The van der Waals surface area contributed by atoms with Gasteiger partial charge in [-0.15, -0.1) is 0 Å². The third-order valence-corrected chi connectivity index (χ3v) is 5.74. The van der Waals surface area contributed by atoms with Crippen molar-refractivity contribution in [2.24, 2.45) is 5.10 Å². The quantitative estimate of drug-likeness (QED) is 0.345. The summed E-state index contributed by atoms with van der Waals surface area (Å²) in [6.07, 6.45) is 3.14. The van der Waals surface area contributed by atoms with Gasteiger partial charge in [0.05, 0.1) is 5.71 Å². The number of rotatable bonds is 5. The fourth-order valence-electron chi connectivity index (χ4n) is 3.93. The molecule has 0 fully saturated rings. The van der Waals surface area contributed by atoms with E-state index in [1.165, 1.54) is 5.56 Å². The highest BCUT2D eigenvalue weighted by molar-refractivity contribution is 6.07. The predicted octanol–water partition coefficient (Wildman–Crippen LogP) is 5.15. The van der Waals surface area contributed by atoms with Gasteiger partial charge >= 0.3 is 5.97 Å². The van der Waals surface area contributed by atoms with Crippen LogP contribution in [0.2, 0.25) is 0 Å². The minimum absolute atomic E-state index is 0.175. The lowest BCUT2D eigenvalue weighted by atomic mass is 9.93. The molecule has 0 atom stereocenters. The average Bonchev–Trinajstić information content (AvgIpc) is 3.15. The fourth-order valence-corrected chi connectivity index (χ4v) is 3.93. The Morgan fingerprint density at radius 3 is 2.53 bits per heavy atom. The number of ether oxygens (including phenoxy) is 1. The van der Waals surface area contributed by atoms with Crippen molar-refractivity contribution in [3.63, 3.8) is 0 Å². The first-order valence-corrected chi connectivity index (χ1v) is 10.8. The number of furan rings is 1. The Bertz CT molecular complexity index is 1190. The Labute approximate surface area is 187 Å². The molecular formula is C26H26N2O4. The van der Waals surface area contributed by atoms with E-state index in [9.17, 15) is 9.59 Å². The first-order chi connectivity index (χ1) is 15.5. The summed E-state index contributed by atoms with van der Waals surface area (Å²) in [5.74, 6) is 0.546. The SMILES string of the molecule is CCc1ccc(OC(=O)c2oc3c(c2C)/C(=N/NC(=O)c2ccccc2C)CCC3)cc1. The Balaban J connectivity index is 1.55. The highest BCUT2D eigenvalue weighted by Gasteiger charge is 2.29. The summed E-state index contributed by atoms with van der Waals surface area (Å²) in [5, 5.41) is 4.38. The summed E-state index contributed by atoms with van der Waals surface area (Å²) in [6, 6.07) is 14.8. The van der Waals surface area contributed by atoms with E-state index in [1.807, 2.05) is 44.2 Å². The summed E-state index contributed by atoms with van der Waals surface area (Å²) < 4.78 is 11.4. The van der Waals surface area contributed by atoms with Crippen molar-refractivity contribution in [2.45, 2.75) is 46.5 Å². The molecule has 1 aromatic heterocycles. The van der Waals surface area contributed by atoms with Crippen molar-refractivity contribution in [3.05, 3.63) is 87.9 Å². The van der Waals surface area contributed by atoms with E-state index < -0.39 is 5.97 Å². The summed E-state index contributed by atoms with van der Waals surface area (Å²) in [5.41, 5.74) is 7.46. The van der Waals surface area contributed by atoms with Gasteiger partial charge in [0.25, 0.3) is 5.91 Å². The van der Waals surface area contributed by atoms with Crippen LogP contribution in [0.3, 0.4) is 0 Å². The summed E-state index contributed by atoms with van der Waals surface area (Å²) in [7, 11) is 0. The smallest absolute Gasteiger partial charge is 0.379 e. The van der Waals surface area contributed by atoms with Crippen molar-refractivity contribution in [1.29, 1.82) is 0 Å². The van der Waals surface area contributed by atoms with E-state index in [0.29, 0.717) is 41.2 Å². The molecule has 164 valence electrons. The van der Waals surface area contributed by atoms with Crippen LogP contribution in [0, 0.1) is 13.8 Å². The number of carbonyl (C=O) groups excluding carboxylic acids is 2. The van der Waals surface area contributed by atoms with Crippen LogP contribution in [0.5, 0.6) is 5.75 Å². The second kappa shape index (κ2) is 9.22. The molecule has 1 aliphatic carbocycles. The highest BCUT2D eigenvalue weighted by Crippen LogP contribution is 2.30. The van der Waals surface area contributed by atoms with E-state index in [0.717, 1.165) is 24.0 Å². The lowest BCUT2D eigenvalue weighted by Crippen LogP contribution is -2.22. The summed E-state index contributed by atoms with van der Waals surface area (Å²) in [4.78, 5) is 25.3. The molecule has 2 aromatic carbocycles. The van der Waals surface area contributed by atoms with E-state index >= 15 is 0 Å². The highest BCUT2D eigenvalue weighted by atomic mass is 16.5. The van der Waals surface area contributed by atoms with Gasteiger partial charge in [-0.3, -0.25) is 4.79 Å². The number of esters is 1. The van der Waals surface area contributed by atoms with Crippen molar-refractivity contribution < 1.29 is 18.7 Å². The van der Waals surface area contributed by atoms with E-state index in [4.69, 9.17) is 9.15 Å². The van der Waals surface area contributed by atoms with Crippen LogP contribution in [0.4, 0.5) is 0 Å². The maximum atomic E-state index is 12.8. The zero-order valence-corrected chi connectivity index (χ0v) is 18.5. The number of amides is 1. The molecule has 0 spiro atoms. The molecule has 0 saturated heterocycles. The molecule has 0 bridgehead atoms. The van der Waals surface area contributed by atoms with Crippen LogP contribution < -0.4 is 10.2 Å². The van der Waals surface area contributed by atoms with Gasteiger partial charge in [-0.1, -0.05) is 37.3 Å². The minimum atomic E-state index is -0.538. The third-order valence-electron chi connectivity index (χ3n) is 5.74. The minimum Gasteiger partial charge on any atom is -0.453 e. The molecule has 0 radical (unpaired) electrons.